The summed E-state index contributed by atoms with van der Waals surface area (Å²) in [6.07, 6.45) is 0.629. The van der Waals surface area contributed by atoms with Gasteiger partial charge in [-0.15, -0.1) is 11.3 Å². The summed E-state index contributed by atoms with van der Waals surface area (Å²) in [7, 11) is 0. The molecule has 1 aromatic heterocycles. The van der Waals surface area contributed by atoms with Gasteiger partial charge in [-0.25, -0.2) is 0 Å². The molecule has 0 saturated carbocycles. The molecule has 0 radical (unpaired) electrons. The maximum atomic E-state index is 11.6. The Morgan fingerprint density at radius 1 is 1.53 bits per heavy atom. The molecular weight excluding hydrogens is 238 g/mol. The highest BCUT2D eigenvalue weighted by atomic mass is 32.1. The van der Waals surface area contributed by atoms with Crippen molar-refractivity contribution < 1.29 is 9.59 Å². The van der Waals surface area contributed by atoms with Crippen molar-refractivity contribution in [3.63, 3.8) is 0 Å². The van der Waals surface area contributed by atoms with Gasteiger partial charge in [0.05, 0.1) is 12.5 Å². The van der Waals surface area contributed by atoms with Crippen LogP contribution in [0.2, 0.25) is 0 Å². The summed E-state index contributed by atoms with van der Waals surface area (Å²) in [4.78, 5) is 23.4. The number of nitrogens with two attached hydrogens (primary N) is 2. The van der Waals surface area contributed by atoms with Crippen molar-refractivity contribution in [3.05, 3.63) is 22.4 Å². The number of amides is 2. The fraction of sp³-hybridized carbons (Fsp3) is 0.455. The molecule has 1 aromatic rings. The fourth-order valence-corrected chi connectivity index (χ4v) is 2.28. The van der Waals surface area contributed by atoms with Crippen LogP contribution in [0.25, 0.3) is 0 Å². The van der Waals surface area contributed by atoms with Crippen molar-refractivity contribution in [2.75, 3.05) is 0 Å². The van der Waals surface area contributed by atoms with Crippen LogP contribution in [-0.4, -0.2) is 23.9 Å². The number of carbonyl (C=O) groups excluding carboxylic acids is 2. The number of hydrogen-bond donors (Lipinski definition) is 3. The number of hydrogen-bond acceptors (Lipinski definition) is 4. The average Bonchev–Trinajstić information content (AvgIpc) is 2.68. The van der Waals surface area contributed by atoms with Gasteiger partial charge in [0.15, 0.2) is 0 Å². The van der Waals surface area contributed by atoms with Crippen LogP contribution >= 0.6 is 11.3 Å². The topological polar surface area (TPSA) is 98.2 Å². The van der Waals surface area contributed by atoms with Crippen molar-refractivity contribution >= 4 is 23.2 Å². The fourth-order valence-electron chi connectivity index (χ4n) is 1.44. The highest BCUT2D eigenvalue weighted by molar-refractivity contribution is 7.09. The van der Waals surface area contributed by atoms with E-state index in [1.54, 1.807) is 11.3 Å². The van der Waals surface area contributed by atoms with Crippen LogP contribution in [0.5, 0.6) is 0 Å². The smallest absolute Gasteiger partial charge is 0.237 e. The second-order valence-electron chi connectivity index (χ2n) is 3.97. The molecule has 5 nitrogen and oxygen atoms in total. The highest BCUT2D eigenvalue weighted by Gasteiger charge is 2.17. The Morgan fingerprint density at radius 3 is 2.76 bits per heavy atom. The number of primary amides is 1. The summed E-state index contributed by atoms with van der Waals surface area (Å²) >= 11 is 1.64. The zero-order chi connectivity index (χ0) is 12.8. The first-order valence-corrected chi connectivity index (χ1v) is 6.23. The lowest BCUT2D eigenvalue weighted by molar-refractivity contribution is -0.126. The third-order valence-electron chi connectivity index (χ3n) is 2.23. The van der Waals surface area contributed by atoms with Gasteiger partial charge in [-0.05, 0) is 18.4 Å². The Labute approximate surface area is 104 Å². The maximum Gasteiger partial charge on any atom is 0.237 e. The van der Waals surface area contributed by atoms with Crippen molar-refractivity contribution in [1.29, 1.82) is 0 Å². The molecular formula is C11H17N3O2S. The van der Waals surface area contributed by atoms with Crippen LogP contribution in [0.4, 0.5) is 0 Å². The number of thiophene rings is 1. The first kappa shape index (κ1) is 13.7. The van der Waals surface area contributed by atoms with E-state index >= 15 is 0 Å². The molecule has 6 heteroatoms. The van der Waals surface area contributed by atoms with E-state index in [0.29, 0.717) is 0 Å². The van der Waals surface area contributed by atoms with E-state index in [2.05, 4.69) is 5.32 Å². The van der Waals surface area contributed by atoms with E-state index in [4.69, 9.17) is 11.5 Å². The molecule has 2 unspecified atom stereocenters. The number of rotatable bonds is 6. The lowest BCUT2D eigenvalue weighted by Gasteiger charge is -2.16. The van der Waals surface area contributed by atoms with Crippen LogP contribution in [0.15, 0.2) is 17.5 Å². The van der Waals surface area contributed by atoms with Gasteiger partial charge in [0, 0.05) is 17.3 Å². The molecule has 0 fully saturated rings. The molecule has 1 heterocycles. The minimum Gasteiger partial charge on any atom is -0.370 e. The van der Waals surface area contributed by atoms with Gasteiger partial charge in [0.2, 0.25) is 11.8 Å². The van der Waals surface area contributed by atoms with Gasteiger partial charge < -0.3 is 16.8 Å². The van der Waals surface area contributed by atoms with Gasteiger partial charge in [0.1, 0.15) is 0 Å². The van der Waals surface area contributed by atoms with Gasteiger partial charge >= 0.3 is 0 Å². The quantitative estimate of drug-likeness (QED) is 0.667. The third kappa shape index (κ3) is 4.97. The molecule has 0 bridgehead atoms. The molecule has 2 atom stereocenters. The van der Waals surface area contributed by atoms with E-state index in [-0.39, 0.29) is 18.4 Å². The van der Waals surface area contributed by atoms with Crippen molar-refractivity contribution in [1.82, 2.24) is 5.32 Å². The largest absolute Gasteiger partial charge is 0.370 e. The first-order chi connectivity index (χ1) is 7.99. The predicted molar refractivity (Wildman–Crippen MR) is 67.4 cm³/mol. The van der Waals surface area contributed by atoms with Crippen LogP contribution in [0, 0.1) is 0 Å². The van der Waals surface area contributed by atoms with E-state index in [1.807, 2.05) is 24.4 Å². The molecule has 17 heavy (non-hydrogen) atoms. The molecule has 0 aliphatic rings. The van der Waals surface area contributed by atoms with E-state index in [0.717, 1.165) is 6.42 Å². The van der Waals surface area contributed by atoms with E-state index in [1.165, 1.54) is 4.88 Å². The van der Waals surface area contributed by atoms with Crippen molar-refractivity contribution in [2.24, 2.45) is 11.5 Å². The Bertz CT molecular complexity index is 378. The summed E-state index contributed by atoms with van der Waals surface area (Å²) in [5, 5.41) is 4.75. The van der Waals surface area contributed by atoms with Gasteiger partial charge in [-0.1, -0.05) is 6.07 Å². The van der Waals surface area contributed by atoms with Crippen LogP contribution in [0.3, 0.4) is 0 Å². The van der Waals surface area contributed by atoms with Crippen molar-refractivity contribution in [2.45, 2.75) is 31.8 Å². The number of carbonyl (C=O) groups is 2. The summed E-state index contributed by atoms with van der Waals surface area (Å²) in [5.41, 5.74) is 10.5. The monoisotopic (exact) mass is 255 g/mol. The molecule has 0 aliphatic heterocycles. The minimum absolute atomic E-state index is 0.0138. The minimum atomic E-state index is -0.863. The third-order valence-corrected chi connectivity index (χ3v) is 3.13. The number of nitrogens with one attached hydrogen (secondary N) is 1. The lowest BCUT2D eigenvalue weighted by Crippen LogP contribution is -2.46. The second kappa shape index (κ2) is 6.36. The Kier molecular flexibility index (Phi) is 5.11. The molecule has 0 aliphatic carbocycles. The average molecular weight is 255 g/mol. The summed E-state index contributed by atoms with van der Waals surface area (Å²) in [6, 6.07) is 3.10. The van der Waals surface area contributed by atoms with Crippen LogP contribution in [0.1, 0.15) is 18.2 Å². The molecule has 1 rings (SSSR count). The molecule has 2 amide bonds. The normalized spacial score (nSPS) is 14.0. The molecule has 94 valence electrons. The Morgan fingerprint density at radius 2 is 2.24 bits per heavy atom. The molecule has 0 aromatic carbocycles. The van der Waals surface area contributed by atoms with Crippen LogP contribution in [-0.2, 0) is 16.0 Å². The molecule has 0 spiro atoms. The standard InChI is InChI=1S/C11H17N3O2S/c1-7(5-8-3-2-4-17-8)14-11(16)9(12)6-10(13)15/h2-4,7,9H,5-6,12H2,1H3,(H2,13,15)(H,14,16). The highest BCUT2D eigenvalue weighted by Crippen LogP contribution is 2.10. The van der Waals surface area contributed by atoms with Gasteiger partial charge in [-0.3, -0.25) is 9.59 Å². The molecule has 5 N–H and O–H groups in total. The Hall–Kier alpha value is -1.40. The first-order valence-electron chi connectivity index (χ1n) is 5.35. The summed E-state index contributed by atoms with van der Waals surface area (Å²) in [6.45, 7) is 1.90. The van der Waals surface area contributed by atoms with E-state index < -0.39 is 11.9 Å². The lowest BCUT2D eigenvalue weighted by atomic mass is 10.1. The summed E-state index contributed by atoms with van der Waals surface area (Å²) in [5.74, 6) is -0.911. The zero-order valence-electron chi connectivity index (χ0n) is 9.68. The van der Waals surface area contributed by atoms with Crippen molar-refractivity contribution in [3.8, 4) is 0 Å². The van der Waals surface area contributed by atoms with Gasteiger partial charge in [0.25, 0.3) is 0 Å². The van der Waals surface area contributed by atoms with Gasteiger partial charge in [-0.2, -0.15) is 0 Å². The summed E-state index contributed by atoms with van der Waals surface area (Å²) < 4.78 is 0. The second-order valence-corrected chi connectivity index (χ2v) is 5.00. The van der Waals surface area contributed by atoms with Crippen LogP contribution < -0.4 is 16.8 Å². The maximum absolute atomic E-state index is 11.6. The predicted octanol–water partition coefficient (Wildman–Crippen LogP) is -0.00200. The van der Waals surface area contributed by atoms with E-state index in [9.17, 15) is 9.59 Å². The SMILES string of the molecule is CC(Cc1cccs1)NC(=O)C(N)CC(N)=O. The Balaban J connectivity index is 2.37. The zero-order valence-corrected chi connectivity index (χ0v) is 10.5. The molecule has 0 saturated heterocycles.